The minimum atomic E-state index is -1.04. The molecule has 0 fully saturated rings. The van der Waals surface area contributed by atoms with Crippen LogP contribution in [-0.4, -0.2) is 35.4 Å². The van der Waals surface area contributed by atoms with Crippen molar-refractivity contribution in [3.05, 3.63) is 47.8 Å². The Bertz CT molecular complexity index is 877. The molecule has 0 spiro atoms. The van der Waals surface area contributed by atoms with Crippen LogP contribution >= 0.6 is 0 Å². The predicted molar refractivity (Wildman–Crippen MR) is 73.4 cm³/mol. The van der Waals surface area contributed by atoms with Gasteiger partial charge in [0.2, 0.25) is 0 Å². The van der Waals surface area contributed by atoms with Gasteiger partial charge >= 0.3 is 5.97 Å². The van der Waals surface area contributed by atoms with Crippen molar-refractivity contribution in [1.82, 2.24) is 24.3 Å². The number of imidazole rings is 1. The molecule has 0 radical (unpaired) electrons. The van der Waals surface area contributed by atoms with E-state index >= 15 is 0 Å². The Morgan fingerprint density at radius 3 is 3.00 bits per heavy atom. The summed E-state index contributed by atoms with van der Waals surface area (Å²) in [5.41, 5.74) is 3.52. The smallest absolute Gasteiger partial charge is 0.356 e. The molecule has 3 aromatic rings. The SMILES string of the molecule is Cc1ccc2c(c1)-c1ncnn1Cc1c(C(=O)O)ncn1-2. The fraction of sp³-hybridized carbons (Fsp3) is 0.143. The van der Waals surface area contributed by atoms with Gasteiger partial charge in [-0.25, -0.2) is 19.4 Å². The fourth-order valence-corrected chi connectivity index (χ4v) is 2.68. The van der Waals surface area contributed by atoms with Crippen LogP contribution in [0.15, 0.2) is 30.9 Å². The molecule has 21 heavy (non-hydrogen) atoms. The molecule has 0 unspecified atom stereocenters. The Hall–Kier alpha value is -2.96. The number of benzene rings is 1. The van der Waals surface area contributed by atoms with Crippen molar-refractivity contribution >= 4 is 5.97 Å². The van der Waals surface area contributed by atoms with E-state index in [4.69, 9.17) is 0 Å². The number of aromatic nitrogens is 5. The number of nitrogens with zero attached hydrogens (tertiary/aromatic N) is 5. The Kier molecular flexibility index (Phi) is 2.26. The summed E-state index contributed by atoms with van der Waals surface area (Å²) in [6, 6.07) is 5.95. The summed E-state index contributed by atoms with van der Waals surface area (Å²) < 4.78 is 3.50. The topological polar surface area (TPSA) is 85.8 Å². The number of carboxylic acids is 1. The molecule has 1 aromatic carbocycles. The van der Waals surface area contributed by atoms with Crippen LogP contribution in [0.5, 0.6) is 0 Å². The summed E-state index contributed by atoms with van der Waals surface area (Å²) >= 11 is 0. The van der Waals surface area contributed by atoms with Crippen LogP contribution in [0.4, 0.5) is 0 Å². The largest absolute Gasteiger partial charge is 0.476 e. The highest BCUT2D eigenvalue weighted by Gasteiger charge is 2.25. The van der Waals surface area contributed by atoms with Crippen molar-refractivity contribution in [3.63, 3.8) is 0 Å². The van der Waals surface area contributed by atoms with Gasteiger partial charge in [0.25, 0.3) is 0 Å². The average Bonchev–Trinajstić information content (AvgIpc) is 3.04. The van der Waals surface area contributed by atoms with Crippen molar-refractivity contribution in [1.29, 1.82) is 0 Å². The molecule has 0 amide bonds. The van der Waals surface area contributed by atoms with Crippen molar-refractivity contribution in [2.24, 2.45) is 0 Å². The summed E-state index contributed by atoms with van der Waals surface area (Å²) in [6.45, 7) is 2.33. The van der Waals surface area contributed by atoms with E-state index in [1.54, 1.807) is 15.6 Å². The van der Waals surface area contributed by atoms with Crippen molar-refractivity contribution in [2.45, 2.75) is 13.5 Å². The molecule has 7 nitrogen and oxygen atoms in total. The van der Waals surface area contributed by atoms with Crippen molar-refractivity contribution in [3.8, 4) is 17.1 Å². The summed E-state index contributed by atoms with van der Waals surface area (Å²) in [5.74, 6) is -0.310. The fourth-order valence-electron chi connectivity index (χ4n) is 2.68. The second-order valence-electron chi connectivity index (χ2n) is 4.98. The molecule has 3 heterocycles. The number of aromatic carboxylic acids is 1. The molecular weight excluding hydrogens is 270 g/mol. The lowest BCUT2D eigenvalue weighted by Crippen LogP contribution is -2.09. The highest BCUT2D eigenvalue weighted by molar-refractivity contribution is 5.87. The minimum Gasteiger partial charge on any atom is -0.476 e. The van der Waals surface area contributed by atoms with Crippen LogP contribution in [0, 0.1) is 6.92 Å². The van der Waals surface area contributed by atoms with Gasteiger partial charge in [-0.1, -0.05) is 11.6 Å². The molecular formula is C14H11N5O2. The van der Waals surface area contributed by atoms with Crippen LogP contribution in [0.3, 0.4) is 0 Å². The van der Waals surface area contributed by atoms with Gasteiger partial charge < -0.3 is 5.11 Å². The zero-order chi connectivity index (χ0) is 14.6. The number of aryl methyl sites for hydroxylation is 1. The minimum absolute atomic E-state index is 0.0462. The molecule has 1 N–H and O–H groups in total. The van der Waals surface area contributed by atoms with E-state index in [2.05, 4.69) is 15.1 Å². The van der Waals surface area contributed by atoms with Gasteiger partial charge in [-0.2, -0.15) is 5.10 Å². The van der Waals surface area contributed by atoms with Crippen LogP contribution in [0.2, 0.25) is 0 Å². The van der Waals surface area contributed by atoms with Crippen molar-refractivity contribution < 1.29 is 9.90 Å². The third-order valence-electron chi connectivity index (χ3n) is 3.64. The standard InChI is InChI=1S/C14H11N5O2/c1-8-2-3-10-9(4-8)13-15-6-17-19(13)5-11-12(14(20)21)16-7-18(10)11/h2-4,6-7H,5H2,1H3,(H,20,21). The van der Waals surface area contributed by atoms with Gasteiger partial charge in [-0.3, -0.25) is 4.57 Å². The summed E-state index contributed by atoms with van der Waals surface area (Å²) in [7, 11) is 0. The average molecular weight is 281 g/mol. The summed E-state index contributed by atoms with van der Waals surface area (Å²) in [6.07, 6.45) is 3.02. The summed E-state index contributed by atoms with van der Waals surface area (Å²) in [4.78, 5) is 19.7. The number of hydrogen-bond acceptors (Lipinski definition) is 4. The number of carbonyl (C=O) groups is 1. The quantitative estimate of drug-likeness (QED) is 0.571. The molecule has 2 aromatic heterocycles. The Morgan fingerprint density at radius 2 is 2.19 bits per heavy atom. The van der Waals surface area contributed by atoms with E-state index in [0.717, 1.165) is 22.6 Å². The maximum absolute atomic E-state index is 11.3. The molecule has 0 saturated heterocycles. The third kappa shape index (κ3) is 1.60. The van der Waals surface area contributed by atoms with Gasteiger partial charge in [-0.05, 0) is 19.1 Å². The molecule has 0 atom stereocenters. The second-order valence-corrected chi connectivity index (χ2v) is 4.98. The lowest BCUT2D eigenvalue weighted by Gasteiger charge is -2.09. The number of fused-ring (bicyclic) bond motifs is 5. The molecule has 7 heteroatoms. The Labute approximate surface area is 119 Å². The van der Waals surface area contributed by atoms with E-state index < -0.39 is 5.97 Å². The zero-order valence-electron chi connectivity index (χ0n) is 11.2. The predicted octanol–water partition coefficient (Wildman–Crippen LogP) is 1.50. The van der Waals surface area contributed by atoms with Gasteiger partial charge in [0.15, 0.2) is 11.5 Å². The molecule has 104 valence electrons. The van der Waals surface area contributed by atoms with E-state index in [1.165, 1.54) is 6.33 Å². The second kappa shape index (κ2) is 4.02. The maximum Gasteiger partial charge on any atom is 0.356 e. The van der Waals surface area contributed by atoms with Gasteiger partial charge in [0.05, 0.1) is 17.9 Å². The first-order valence-corrected chi connectivity index (χ1v) is 6.44. The maximum atomic E-state index is 11.3. The van der Waals surface area contributed by atoms with E-state index in [9.17, 15) is 9.90 Å². The lowest BCUT2D eigenvalue weighted by atomic mass is 10.1. The molecule has 0 bridgehead atoms. The van der Waals surface area contributed by atoms with Crippen LogP contribution in [0.25, 0.3) is 17.1 Å². The highest BCUT2D eigenvalue weighted by Crippen LogP contribution is 2.31. The van der Waals surface area contributed by atoms with Crippen LogP contribution in [-0.2, 0) is 6.54 Å². The zero-order valence-corrected chi connectivity index (χ0v) is 11.2. The molecule has 1 aliphatic rings. The molecule has 4 rings (SSSR count). The van der Waals surface area contributed by atoms with E-state index in [-0.39, 0.29) is 5.69 Å². The molecule has 0 aliphatic carbocycles. The van der Waals surface area contributed by atoms with Gasteiger partial charge in [0.1, 0.15) is 12.7 Å². The van der Waals surface area contributed by atoms with E-state index in [0.29, 0.717) is 12.2 Å². The number of carboxylic acid groups (broad SMARTS) is 1. The molecule has 1 aliphatic heterocycles. The van der Waals surface area contributed by atoms with Crippen LogP contribution in [0.1, 0.15) is 21.7 Å². The summed E-state index contributed by atoms with van der Waals surface area (Å²) in [5, 5.41) is 13.5. The third-order valence-corrected chi connectivity index (χ3v) is 3.64. The highest BCUT2D eigenvalue weighted by atomic mass is 16.4. The first-order chi connectivity index (χ1) is 10.1. The number of hydrogen-bond donors (Lipinski definition) is 1. The first-order valence-electron chi connectivity index (χ1n) is 6.44. The van der Waals surface area contributed by atoms with Crippen molar-refractivity contribution in [2.75, 3.05) is 0 Å². The molecule has 0 saturated carbocycles. The lowest BCUT2D eigenvalue weighted by molar-refractivity contribution is 0.0689. The van der Waals surface area contributed by atoms with E-state index in [1.807, 2.05) is 25.1 Å². The monoisotopic (exact) mass is 281 g/mol. The first kappa shape index (κ1) is 11.8. The Morgan fingerprint density at radius 1 is 1.33 bits per heavy atom. The van der Waals surface area contributed by atoms with Crippen LogP contribution < -0.4 is 0 Å². The number of rotatable bonds is 1. The van der Waals surface area contributed by atoms with Gasteiger partial charge in [0, 0.05) is 5.56 Å². The Balaban J connectivity index is 2.09. The van der Waals surface area contributed by atoms with Gasteiger partial charge in [-0.15, -0.1) is 0 Å². The normalized spacial score (nSPS) is 12.2.